The number of nitrogen functional groups attached to an aromatic ring is 1. The van der Waals surface area contributed by atoms with Crippen molar-refractivity contribution in [1.82, 2.24) is 19.5 Å². The van der Waals surface area contributed by atoms with Crippen LogP contribution in [0.1, 0.15) is 12.6 Å². The highest BCUT2D eigenvalue weighted by atomic mass is 16.5. The highest BCUT2D eigenvalue weighted by Crippen LogP contribution is 2.32. The van der Waals surface area contributed by atoms with Gasteiger partial charge in [0.2, 0.25) is 11.8 Å². The zero-order chi connectivity index (χ0) is 14.3. The summed E-state index contributed by atoms with van der Waals surface area (Å²) in [6, 6.07) is 0. The predicted molar refractivity (Wildman–Crippen MR) is 67.9 cm³/mol. The maximum Gasteiger partial charge on any atom is 0.246 e. The van der Waals surface area contributed by atoms with Gasteiger partial charge in [0.05, 0.1) is 26.1 Å². The van der Waals surface area contributed by atoms with Gasteiger partial charge >= 0.3 is 0 Å². The van der Waals surface area contributed by atoms with Crippen LogP contribution < -0.4 is 10.5 Å². The summed E-state index contributed by atoms with van der Waals surface area (Å²) < 4.78 is 12.3. The van der Waals surface area contributed by atoms with E-state index in [2.05, 4.69) is 15.0 Å². The number of hydrogen-bond acceptors (Lipinski definition) is 8. The van der Waals surface area contributed by atoms with Crippen molar-refractivity contribution in [2.75, 3.05) is 19.5 Å². The maximum absolute atomic E-state index is 9.78. The molecule has 1 fully saturated rings. The molecule has 108 valence electrons. The van der Waals surface area contributed by atoms with Crippen LogP contribution in [0.15, 0.2) is 6.33 Å². The molecule has 3 atom stereocenters. The molecule has 20 heavy (non-hydrogen) atoms. The fourth-order valence-corrected chi connectivity index (χ4v) is 2.31. The van der Waals surface area contributed by atoms with E-state index >= 15 is 0 Å². The van der Waals surface area contributed by atoms with Crippen LogP contribution in [-0.4, -0.2) is 55.7 Å². The van der Waals surface area contributed by atoms with Crippen LogP contribution in [0, 0.1) is 0 Å². The first-order valence-electron chi connectivity index (χ1n) is 6.12. The summed E-state index contributed by atoms with van der Waals surface area (Å²) in [6.07, 6.45) is 0.0506. The second kappa shape index (κ2) is 4.85. The maximum atomic E-state index is 9.78. The van der Waals surface area contributed by atoms with Gasteiger partial charge in [0.1, 0.15) is 12.3 Å². The van der Waals surface area contributed by atoms with Crippen molar-refractivity contribution in [2.24, 2.45) is 0 Å². The average Bonchev–Trinajstić information content (AvgIpc) is 3.00. The number of imidazole rings is 1. The number of nitrogens with two attached hydrogens (primary N) is 1. The van der Waals surface area contributed by atoms with E-state index in [4.69, 9.17) is 20.3 Å². The van der Waals surface area contributed by atoms with E-state index in [1.54, 1.807) is 4.57 Å². The largest absolute Gasteiger partial charge is 0.479 e. The third-order valence-electron chi connectivity index (χ3n) is 3.29. The monoisotopic (exact) mass is 281 g/mol. The molecule has 1 aliphatic rings. The molecule has 9 nitrogen and oxygen atoms in total. The molecule has 0 spiro atoms. The smallest absolute Gasteiger partial charge is 0.246 e. The second-order valence-electron chi connectivity index (χ2n) is 4.53. The molecule has 0 unspecified atom stereocenters. The van der Waals surface area contributed by atoms with E-state index in [9.17, 15) is 5.11 Å². The summed E-state index contributed by atoms with van der Waals surface area (Å²) >= 11 is 0. The van der Waals surface area contributed by atoms with Gasteiger partial charge in [0.25, 0.3) is 0 Å². The van der Waals surface area contributed by atoms with Crippen LogP contribution in [0.25, 0.3) is 11.2 Å². The third kappa shape index (κ3) is 1.96. The Hall–Kier alpha value is -1.97. The van der Waals surface area contributed by atoms with Gasteiger partial charge < -0.3 is 25.4 Å². The molecule has 2 aromatic rings. The molecule has 1 aliphatic heterocycles. The standard InChI is InChI=1S/C11H15N5O4/c1-19-10-8-9(14-11(12)15-10)16(4-13-8)7-2-5(18)6(3-17)20-7/h4-7,17-18H,2-3H2,1H3,(H2,12,14,15)/t5-,6+,7+/m0/s1. The first kappa shape index (κ1) is 13.0. The van der Waals surface area contributed by atoms with Crippen LogP contribution in [0.3, 0.4) is 0 Å². The molecule has 0 aromatic carbocycles. The highest BCUT2D eigenvalue weighted by Gasteiger charge is 2.35. The Bertz CT molecular complexity index is 631. The Morgan fingerprint density at radius 3 is 3.00 bits per heavy atom. The van der Waals surface area contributed by atoms with Crippen molar-refractivity contribution < 1.29 is 19.7 Å². The quantitative estimate of drug-likeness (QED) is 0.657. The molecule has 2 aromatic heterocycles. The van der Waals surface area contributed by atoms with Gasteiger partial charge in [0, 0.05) is 6.42 Å². The molecule has 0 amide bonds. The molecular formula is C11H15N5O4. The molecule has 3 heterocycles. The van der Waals surface area contributed by atoms with Gasteiger partial charge in [-0.25, -0.2) is 4.98 Å². The first-order chi connectivity index (χ1) is 9.63. The van der Waals surface area contributed by atoms with Crippen molar-refractivity contribution in [3.8, 4) is 5.88 Å². The van der Waals surface area contributed by atoms with Gasteiger partial charge in [-0.05, 0) is 0 Å². The van der Waals surface area contributed by atoms with Gasteiger partial charge in [-0.1, -0.05) is 0 Å². The Balaban J connectivity index is 2.03. The molecule has 0 bridgehead atoms. The van der Waals surface area contributed by atoms with E-state index in [0.29, 0.717) is 17.6 Å². The summed E-state index contributed by atoms with van der Waals surface area (Å²) in [5.41, 5.74) is 6.56. The van der Waals surface area contributed by atoms with Crippen LogP contribution in [0.4, 0.5) is 5.95 Å². The Kier molecular flexibility index (Phi) is 3.16. The molecule has 0 saturated carbocycles. The van der Waals surface area contributed by atoms with Crippen LogP contribution in [0.5, 0.6) is 5.88 Å². The molecule has 9 heteroatoms. The zero-order valence-corrected chi connectivity index (χ0v) is 10.8. The Labute approximate surface area is 114 Å². The molecular weight excluding hydrogens is 266 g/mol. The second-order valence-corrected chi connectivity index (χ2v) is 4.53. The molecule has 1 saturated heterocycles. The SMILES string of the molecule is COc1nc(N)nc2c1ncn2[C@H]1C[C@H](O)[C@@H](CO)O1. The summed E-state index contributed by atoms with van der Waals surface area (Å²) in [4.78, 5) is 12.3. The number of ether oxygens (including phenoxy) is 2. The molecule has 4 N–H and O–H groups in total. The number of aliphatic hydroxyl groups excluding tert-OH is 2. The van der Waals surface area contributed by atoms with Crippen molar-refractivity contribution in [3.05, 3.63) is 6.33 Å². The molecule has 3 rings (SSSR count). The van der Waals surface area contributed by atoms with Crippen molar-refractivity contribution in [2.45, 2.75) is 24.9 Å². The summed E-state index contributed by atoms with van der Waals surface area (Å²) in [6.45, 7) is -0.245. The minimum atomic E-state index is -0.733. The number of anilines is 1. The number of rotatable bonds is 3. The minimum absolute atomic E-state index is 0.0633. The van der Waals surface area contributed by atoms with E-state index in [1.807, 2.05) is 0 Å². The lowest BCUT2D eigenvalue weighted by Crippen LogP contribution is -2.24. The van der Waals surface area contributed by atoms with E-state index in [1.165, 1.54) is 13.4 Å². The minimum Gasteiger partial charge on any atom is -0.479 e. The fraction of sp³-hybridized carbons (Fsp3) is 0.545. The molecule has 0 radical (unpaired) electrons. The number of aliphatic hydroxyl groups is 2. The average molecular weight is 281 g/mol. The number of aromatic nitrogens is 4. The number of methoxy groups -OCH3 is 1. The van der Waals surface area contributed by atoms with E-state index in [0.717, 1.165) is 0 Å². The fourth-order valence-electron chi connectivity index (χ4n) is 2.31. The number of hydrogen-bond donors (Lipinski definition) is 3. The van der Waals surface area contributed by atoms with E-state index in [-0.39, 0.29) is 18.4 Å². The normalized spacial score (nSPS) is 26.2. The van der Waals surface area contributed by atoms with Gasteiger partial charge in [0.15, 0.2) is 11.2 Å². The zero-order valence-electron chi connectivity index (χ0n) is 10.8. The van der Waals surface area contributed by atoms with Crippen molar-refractivity contribution in [1.29, 1.82) is 0 Å². The topological polar surface area (TPSA) is 129 Å². The summed E-state index contributed by atoms with van der Waals surface area (Å²) in [5, 5.41) is 18.9. The summed E-state index contributed by atoms with van der Waals surface area (Å²) in [5.74, 6) is 0.344. The van der Waals surface area contributed by atoms with Crippen LogP contribution in [0.2, 0.25) is 0 Å². The first-order valence-corrected chi connectivity index (χ1v) is 6.12. The lowest BCUT2D eigenvalue weighted by Gasteiger charge is -2.13. The van der Waals surface area contributed by atoms with Gasteiger partial charge in [-0.2, -0.15) is 9.97 Å². The Morgan fingerprint density at radius 1 is 1.55 bits per heavy atom. The third-order valence-corrected chi connectivity index (χ3v) is 3.29. The lowest BCUT2D eigenvalue weighted by molar-refractivity contribution is -0.0432. The Morgan fingerprint density at radius 2 is 2.35 bits per heavy atom. The van der Waals surface area contributed by atoms with Gasteiger partial charge in [-0.3, -0.25) is 4.57 Å². The number of nitrogens with zero attached hydrogens (tertiary/aromatic N) is 4. The van der Waals surface area contributed by atoms with Crippen LogP contribution in [-0.2, 0) is 4.74 Å². The van der Waals surface area contributed by atoms with Crippen molar-refractivity contribution in [3.63, 3.8) is 0 Å². The molecule has 0 aliphatic carbocycles. The highest BCUT2D eigenvalue weighted by molar-refractivity contribution is 5.77. The lowest BCUT2D eigenvalue weighted by atomic mass is 10.2. The summed E-state index contributed by atoms with van der Waals surface area (Å²) in [7, 11) is 1.47. The van der Waals surface area contributed by atoms with E-state index < -0.39 is 18.4 Å². The van der Waals surface area contributed by atoms with Gasteiger partial charge in [-0.15, -0.1) is 0 Å². The predicted octanol–water partition coefficient (Wildman–Crippen LogP) is -0.942. The number of fused-ring (bicyclic) bond motifs is 1. The van der Waals surface area contributed by atoms with Crippen molar-refractivity contribution >= 4 is 17.1 Å². The van der Waals surface area contributed by atoms with Crippen LogP contribution >= 0.6 is 0 Å².